The van der Waals surface area contributed by atoms with Crippen LogP contribution in [0.5, 0.6) is 0 Å². The molecule has 226 valence electrons. The molecule has 0 amide bonds. The maximum Gasteiger partial charge on any atom is 0.330 e. The molecule has 0 spiro atoms. The van der Waals surface area contributed by atoms with Crippen LogP contribution >= 0.6 is 25.0 Å². The first-order valence-corrected chi connectivity index (χ1v) is 17.2. The maximum atomic E-state index is 12.0. The van der Waals surface area contributed by atoms with Crippen molar-refractivity contribution >= 4 is 35.6 Å². The molecular weight excluding hydrogens is 589 g/mol. The topological polar surface area (TPSA) is 94.5 Å². The first-order chi connectivity index (χ1) is 20.2. The van der Waals surface area contributed by atoms with Crippen LogP contribution < -0.4 is 10.6 Å². The predicted octanol–water partition coefficient (Wildman–Crippen LogP) is 7.89. The lowest BCUT2D eigenvalue weighted by Gasteiger charge is -2.14. The molecule has 0 aliphatic heterocycles. The minimum absolute atomic E-state index is 0.0230. The molecule has 0 fully saturated rings. The largest absolute Gasteiger partial charge is 0.330 e. The standard InChI is InChI=1S/C14H15O3P.C12H11OP.C6H15O3P/c15-18(16-11-13-7-3-1-4-8-13)17-12-14-9-5-2-6-10-14;13-14(11-7-3-1-4-8-11)12-9-5-2-6-10-12;1-5(2)8-10(7)9-6(3)4/h1-10,15H,11-12H2;1-10,14H;5-7H,1-4H3. The van der Waals surface area contributed by atoms with E-state index in [1.807, 2.05) is 149 Å². The molecule has 0 saturated carbocycles. The van der Waals surface area contributed by atoms with Crippen LogP contribution in [-0.4, -0.2) is 22.0 Å². The second kappa shape index (κ2) is 21.4. The molecule has 4 aromatic carbocycles. The lowest BCUT2D eigenvalue weighted by molar-refractivity contribution is 0.139. The summed E-state index contributed by atoms with van der Waals surface area (Å²) in [5.74, 6) is 0. The fourth-order valence-electron chi connectivity index (χ4n) is 3.18. The third-order valence-corrected chi connectivity index (χ3v) is 8.66. The van der Waals surface area contributed by atoms with E-state index in [1.165, 1.54) is 0 Å². The first kappa shape index (κ1) is 35.9. The van der Waals surface area contributed by atoms with Crippen LogP contribution in [0.2, 0.25) is 0 Å². The van der Waals surface area contributed by atoms with E-state index < -0.39 is 25.0 Å². The Bertz CT molecular complexity index is 1140. The SMILES string of the molecule is CC(C)OP(O)OC(C)C.O=[PH](c1ccccc1)c1ccccc1.OP(OCc1ccccc1)OCc1ccccc1. The Morgan fingerprint density at radius 2 is 0.857 bits per heavy atom. The zero-order valence-corrected chi connectivity index (χ0v) is 27.2. The van der Waals surface area contributed by atoms with E-state index in [0.717, 1.165) is 21.7 Å². The molecule has 4 rings (SSSR count). The molecule has 42 heavy (non-hydrogen) atoms. The van der Waals surface area contributed by atoms with Crippen molar-refractivity contribution in [2.45, 2.75) is 53.1 Å². The van der Waals surface area contributed by atoms with Crippen LogP contribution in [0, 0.1) is 0 Å². The third-order valence-electron chi connectivity index (χ3n) is 5.04. The van der Waals surface area contributed by atoms with Crippen LogP contribution in [0.3, 0.4) is 0 Å². The quantitative estimate of drug-likeness (QED) is 0.154. The fourth-order valence-corrected chi connectivity index (χ4v) is 5.86. The summed E-state index contributed by atoms with van der Waals surface area (Å²) in [7, 11) is -5.28. The van der Waals surface area contributed by atoms with Gasteiger partial charge in [0.05, 0.1) is 25.4 Å². The zero-order chi connectivity index (χ0) is 30.6. The minimum atomic E-state index is -1.83. The van der Waals surface area contributed by atoms with E-state index in [0.29, 0.717) is 13.2 Å². The highest BCUT2D eigenvalue weighted by Gasteiger charge is 2.10. The van der Waals surface area contributed by atoms with Crippen LogP contribution in [-0.2, 0) is 35.9 Å². The summed E-state index contributed by atoms with van der Waals surface area (Å²) < 4.78 is 32.4. The van der Waals surface area contributed by atoms with Crippen LogP contribution in [0.1, 0.15) is 38.8 Å². The van der Waals surface area contributed by atoms with Crippen molar-refractivity contribution < 1.29 is 32.4 Å². The van der Waals surface area contributed by atoms with Gasteiger partial charge >= 0.3 is 17.2 Å². The van der Waals surface area contributed by atoms with Gasteiger partial charge < -0.3 is 32.4 Å². The van der Waals surface area contributed by atoms with Crippen LogP contribution in [0.4, 0.5) is 0 Å². The summed E-state index contributed by atoms with van der Waals surface area (Å²) in [6.07, 6.45) is 0.0460. The van der Waals surface area contributed by atoms with E-state index >= 15 is 0 Å². The van der Waals surface area contributed by atoms with Gasteiger partial charge in [0, 0.05) is 10.6 Å². The van der Waals surface area contributed by atoms with Gasteiger partial charge in [-0.2, -0.15) is 0 Å². The van der Waals surface area contributed by atoms with Gasteiger partial charge in [-0.1, -0.05) is 121 Å². The summed E-state index contributed by atoms with van der Waals surface area (Å²) in [5, 5.41) is 1.84. The van der Waals surface area contributed by atoms with Gasteiger partial charge in [0.2, 0.25) is 0 Å². The van der Waals surface area contributed by atoms with E-state index in [-0.39, 0.29) is 12.2 Å². The zero-order valence-electron chi connectivity index (χ0n) is 24.4. The number of rotatable bonds is 12. The average molecular weight is 631 g/mol. The van der Waals surface area contributed by atoms with Crippen LogP contribution in [0.25, 0.3) is 0 Å². The molecule has 0 heterocycles. The predicted molar refractivity (Wildman–Crippen MR) is 174 cm³/mol. The van der Waals surface area contributed by atoms with Gasteiger partial charge in [-0.3, -0.25) is 0 Å². The normalized spacial score (nSPS) is 10.9. The summed E-state index contributed by atoms with van der Waals surface area (Å²) >= 11 is 0. The van der Waals surface area contributed by atoms with Crippen molar-refractivity contribution in [1.82, 2.24) is 0 Å². The summed E-state index contributed by atoms with van der Waals surface area (Å²) in [4.78, 5) is 18.6. The summed E-state index contributed by atoms with van der Waals surface area (Å²) in [6.45, 7) is 8.14. The Labute approximate surface area is 253 Å². The Morgan fingerprint density at radius 1 is 0.548 bits per heavy atom. The molecule has 0 bridgehead atoms. The average Bonchev–Trinajstić information content (AvgIpc) is 3.00. The van der Waals surface area contributed by atoms with Gasteiger partial charge in [-0.15, -0.1) is 0 Å². The molecule has 0 aliphatic rings. The molecule has 0 atom stereocenters. The van der Waals surface area contributed by atoms with Crippen molar-refractivity contribution in [1.29, 1.82) is 0 Å². The summed E-state index contributed by atoms with van der Waals surface area (Å²) in [5.41, 5.74) is 2.03. The van der Waals surface area contributed by atoms with Crippen LogP contribution in [0.15, 0.2) is 121 Å². The Balaban J connectivity index is 0.000000231. The number of hydrogen-bond acceptors (Lipinski definition) is 7. The van der Waals surface area contributed by atoms with Gasteiger partial charge in [-0.25, -0.2) is 0 Å². The molecule has 0 aromatic heterocycles. The molecule has 0 aliphatic carbocycles. The molecule has 7 nitrogen and oxygen atoms in total. The first-order valence-electron chi connectivity index (χ1n) is 13.5. The van der Waals surface area contributed by atoms with E-state index in [9.17, 15) is 9.46 Å². The lowest BCUT2D eigenvalue weighted by atomic mass is 10.2. The van der Waals surface area contributed by atoms with Crippen molar-refractivity contribution in [2.75, 3.05) is 0 Å². The molecule has 10 heteroatoms. The number of benzene rings is 4. The van der Waals surface area contributed by atoms with E-state index in [1.54, 1.807) is 0 Å². The van der Waals surface area contributed by atoms with Gasteiger partial charge in [-0.05, 0) is 38.8 Å². The smallest absolute Gasteiger partial charge is 0.328 e. The van der Waals surface area contributed by atoms with Gasteiger partial charge in [0.1, 0.15) is 7.80 Å². The number of hydrogen-bond donors (Lipinski definition) is 2. The van der Waals surface area contributed by atoms with E-state index in [2.05, 4.69) is 0 Å². The second-order valence-corrected chi connectivity index (χ2v) is 13.1. The Kier molecular flexibility index (Phi) is 18.3. The van der Waals surface area contributed by atoms with Crippen molar-refractivity contribution in [2.24, 2.45) is 0 Å². The third kappa shape index (κ3) is 16.4. The summed E-state index contributed by atoms with van der Waals surface area (Å²) in [6, 6.07) is 38.6. The molecule has 0 saturated heterocycles. The molecule has 0 unspecified atom stereocenters. The monoisotopic (exact) mass is 630 g/mol. The Morgan fingerprint density at radius 3 is 1.17 bits per heavy atom. The minimum Gasteiger partial charge on any atom is -0.328 e. The second-order valence-electron chi connectivity index (χ2n) is 9.36. The van der Waals surface area contributed by atoms with Gasteiger partial charge in [0.15, 0.2) is 0 Å². The maximum absolute atomic E-state index is 12.0. The molecule has 2 N–H and O–H groups in total. The highest BCUT2D eigenvalue weighted by molar-refractivity contribution is 7.61. The fraction of sp³-hybridized carbons (Fsp3) is 0.250. The van der Waals surface area contributed by atoms with E-state index in [4.69, 9.17) is 23.0 Å². The molecule has 4 aromatic rings. The molecular formula is C32H41O7P3. The Hall–Kier alpha value is -2.27. The lowest BCUT2D eigenvalue weighted by Crippen LogP contribution is -2.04. The highest BCUT2D eigenvalue weighted by atomic mass is 31.2. The van der Waals surface area contributed by atoms with Crippen molar-refractivity contribution in [3.63, 3.8) is 0 Å². The van der Waals surface area contributed by atoms with Crippen molar-refractivity contribution in [3.8, 4) is 0 Å². The molecule has 0 radical (unpaired) electrons. The van der Waals surface area contributed by atoms with Crippen molar-refractivity contribution in [3.05, 3.63) is 132 Å². The highest BCUT2D eigenvalue weighted by Crippen LogP contribution is 2.36. The van der Waals surface area contributed by atoms with Gasteiger partial charge in [0.25, 0.3) is 0 Å².